The van der Waals surface area contributed by atoms with Crippen molar-refractivity contribution in [3.63, 3.8) is 0 Å². The Morgan fingerprint density at radius 2 is 2.12 bits per heavy atom. The fourth-order valence-corrected chi connectivity index (χ4v) is 3.13. The number of carbonyl (C=O) groups is 1. The molecule has 25 heavy (non-hydrogen) atoms. The molecule has 0 fully saturated rings. The van der Waals surface area contributed by atoms with Gasteiger partial charge in [0.25, 0.3) is 0 Å². The Morgan fingerprint density at radius 3 is 2.88 bits per heavy atom. The summed E-state index contributed by atoms with van der Waals surface area (Å²) in [5, 5.41) is 6.32. The lowest BCUT2D eigenvalue weighted by Crippen LogP contribution is -2.36. The van der Waals surface area contributed by atoms with Crippen molar-refractivity contribution in [2.45, 2.75) is 12.5 Å². The Balaban J connectivity index is 1.63. The van der Waals surface area contributed by atoms with Crippen LogP contribution in [0, 0.1) is 0 Å². The van der Waals surface area contributed by atoms with Gasteiger partial charge in [0.1, 0.15) is 5.75 Å². The van der Waals surface area contributed by atoms with E-state index in [0.717, 1.165) is 24.3 Å². The van der Waals surface area contributed by atoms with Gasteiger partial charge in [-0.05, 0) is 49.5 Å². The molecule has 0 saturated heterocycles. The SMILES string of the molecule is CN(C)C(CNC(=O)Nc1cccc(Cl)c1)c1ccc2c(c1)CCO2. The van der Waals surface area contributed by atoms with Gasteiger partial charge in [-0.3, -0.25) is 0 Å². The van der Waals surface area contributed by atoms with Gasteiger partial charge in [-0.15, -0.1) is 0 Å². The highest BCUT2D eigenvalue weighted by molar-refractivity contribution is 6.30. The van der Waals surface area contributed by atoms with Crippen LogP contribution in [0.15, 0.2) is 42.5 Å². The first-order chi connectivity index (χ1) is 12.0. The topological polar surface area (TPSA) is 53.6 Å². The maximum Gasteiger partial charge on any atom is 0.319 e. The van der Waals surface area contributed by atoms with E-state index in [2.05, 4.69) is 27.7 Å². The molecular weight excluding hydrogens is 338 g/mol. The summed E-state index contributed by atoms with van der Waals surface area (Å²) in [6.45, 7) is 1.24. The molecule has 1 aliphatic rings. The smallest absolute Gasteiger partial charge is 0.319 e. The normalized spacial score (nSPS) is 13.9. The van der Waals surface area contributed by atoms with Crippen LogP contribution < -0.4 is 15.4 Å². The molecule has 0 aliphatic carbocycles. The van der Waals surface area contributed by atoms with E-state index in [4.69, 9.17) is 16.3 Å². The molecule has 3 rings (SSSR count). The lowest BCUT2D eigenvalue weighted by molar-refractivity contribution is 0.243. The monoisotopic (exact) mass is 359 g/mol. The molecule has 1 heterocycles. The van der Waals surface area contributed by atoms with Crippen molar-refractivity contribution in [3.05, 3.63) is 58.6 Å². The summed E-state index contributed by atoms with van der Waals surface area (Å²) in [6, 6.07) is 13.2. The standard InChI is InChI=1S/C19H22ClN3O2/c1-23(2)17(13-6-7-18-14(10-13)8-9-25-18)12-21-19(24)22-16-5-3-4-15(20)11-16/h3-7,10-11,17H,8-9,12H2,1-2H3,(H2,21,22,24). The van der Waals surface area contributed by atoms with Crippen molar-refractivity contribution in [1.29, 1.82) is 0 Å². The molecule has 0 saturated carbocycles. The number of hydrogen-bond donors (Lipinski definition) is 2. The lowest BCUT2D eigenvalue weighted by Gasteiger charge is -2.25. The fourth-order valence-electron chi connectivity index (χ4n) is 2.94. The Labute approximate surface area is 152 Å². The summed E-state index contributed by atoms with van der Waals surface area (Å²) in [4.78, 5) is 14.3. The molecule has 2 aromatic carbocycles. The molecular formula is C19H22ClN3O2. The third-order valence-electron chi connectivity index (χ3n) is 4.26. The average Bonchev–Trinajstić information content (AvgIpc) is 3.02. The van der Waals surface area contributed by atoms with Gasteiger partial charge in [0.15, 0.2) is 0 Å². The minimum Gasteiger partial charge on any atom is -0.493 e. The maximum absolute atomic E-state index is 12.2. The van der Waals surface area contributed by atoms with Crippen molar-refractivity contribution in [3.8, 4) is 5.75 Å². The Bertz CT molecular complexity index is 764. The maximum atomic E-state index is 12.2. The van der Waals surface area contributed by atoms with Gasteiger partial charge in [0.2, 0.25) is 0 Å². The molecule has 0 radical (unpaired) electrons. The van der Waals surface area contributed by atoms with Crippen molar-refractivity contribution < 1.29 is 9.53 Å². The molecule has 2 amide bonds. The van der Waals surface area contributed by atoms with E-state index in [-0.39, 0.29) is 12.1 Å². The first kappa shape index (κ1) is 17.6. The zero-order chi connectivity index (χ0) is 17.8. The zero-order valence-electron chi connectivity index (χ0n) is 14.4. The van der Waals surface area contributed by atoms with Gasteiger partial charge in [-0.2, -0.15) is 0 Å². The van der Waals surface area contributed by atoms with E-state index >= 15 is 0 Å². The van der Waals surface area contributed by atoms with Gasteiger partial charge >= 0.3 is 6.03 Å². The minimum absolute atomic E-state index is 0.0796. The van der Waals surface area contributed by atoms with Gasteiger partial charge in [-0.1, -0.05) is 29.8 Å². The number of hydrogen-bond acceptors (Lipinski definition) is 3. The Hall–Kier alpha value is -2.24. The molecule has 5 nitrogen and oxygen atoms in total. The number of fused-ring (bicyclic) bond motifs is 1. The van der Waals surface area contributed by atoms with Gasteiger partial charge < -0.3 is 20.3 Å². The van der Waals surface area contributed by atoms with Crippen LogP contribution in [0.4, 0.5) is 10.5 Å². The summed E-state index contributed by atoms with van der Waals surface area (Å²) in [7, 11) is 4.01. The summed E-state index contributed by atoms with van der Waals surface area (Å²) in [6.07, 6.45) is 0.937. The molecule has 0 bridgehead atoms. The quantitative estimate of drug-likeness (QED) is 0.855. The van der Waals surface area contributed by atoms with Crippen LogP contribution in [-0.2, 0) is 6.42 Å². The van der Waals surface area contributed by atoms with Crippen molar-refractivity contribution in [2.24, 2.45) is 0 Å². The van der Waals surface area contributed by atoms with Gasteiger partial charge in [0, 0.05) is 23.7 Å². The molecule has 1 atom stereocenters. The second-order valence-corrected chi connectivity index (χ2v) is 6.73. The fraction of sp³-hybridized carbons (Fsp3) is 0.316. The molecule has 132 valence electrons. The van der Waals surface area contributed by atoms with Gasteiger partial charge in [-0.25, -0.2) is 4.79 Å². The molecule has 0 aromatic heterocycles. The van der Waals surface area contributed by atoms with E-state index in [1.54, 1.807) is 24.3 Å². The number of amides is 2. The predicted octanol–water partition coefficient (Wildman–Crippen LogP) is 3.70. The zero-order valence-corrected chi connectivity index (χ0v) is 15.1. The highest BCUT2D eigenvalue weighted by Gasteiger charge is 2.19. The predicted molar refractivity (Wildman–Crippen MR) is 101 cm³/mol. The summed E-state index contributed by atoms with van der Waals surface area (Å²) in [5.74, 6) is 0.966. The number of halogens is 1. The molecule has 1 aliphatic heterocycles. The molecule has 6 heteroatoms. The van der Waals surface area contributed by atoms with E-state index in [1.165, 1.54) is 5.56 Å². The van der Waals surface area contributed by atoms with E-state index in [0.29, 0.717) is 17.3 Å². The third kappa shape index (κ3) is 4.44. The van der Waals surface area contributed by atoms with E-state index < -0.39 is 0 Å². The first-order valence-electron chi connectivity index (χ1n) is 8.25. The second-order valence-electron chi connectivity index (χ2n) is 6.29. The number of urea groups is 1. The minimum atomic E-state index is -0.251. The van der Waals surface area contributed by atoms with E-state index in [1.807, 2.05) is 20.2 Å². The van der Waals surface area contributed by atoms with Crippen LogP contribution in [0.2, 0.25) is 5.02 Å². The van der Waals surface area contributed by atoms with Crippen LogP contribution in [0.1, 0.15) is 17.2 Å². The number of benzene rings is 2. The lowest BCUT2D eigenvalue weighted by atomic mass is 10.0. The number of rotatable bonds is 5. The van der Waals surface area contributed by atoms with Crippen LogP contribution in [0.5, 0.6) is 5.75 Å². The number of ether oxygens (including phenoxy) is 1. The van der Waals surface area contributed by atoms with Crippen molar-refractivity contribution in [1.82, 2.24) is 10.2 Å². The molecule has 0 spiro atoms. The Morgan fingerprint density at radius 1 is 1.28 bits per heavy atom. The van der Waals surface area contributed by atoms with Crippen LogP contribution >= 0.6 is 11.6 Å². The number of nitrogens with zero attached hydrogens (tertiary/aromatic N) is 1. The van der Waals surface area contributed by atoms with E-state index in [9.17, 15) is 4.79 Å². The number of carbonyl (C=O) groups excluding carboxylic acids is 1. The highest BCUT2D eigenvalue weighted by Crippen LogP contribution is 2.29. The first-order valence-corrected chi connectivity index (χ1v) is 8.63. The number of nitrogens with one attached hydrogen (secondary N) is 2. The van der Waals surface area contributed by atoms with Crippen LogP contribution in [0.3, 0.4) is 0 Å². The third-order valence-corrected chi connectivity index (χ3v) is 4.50. The Kier molecular flexibility index (Phi) is 5.46. The molecule has 1 unspecified atom stereocenters. The van der Waals surface area contributed by atoms with Crippen LogP contribution in [-0.4, -0.2) is 38.2 Å². The number of likely N-dealkylation sites (N-methyl/N-ethyl adjacent to an activating group) is 1. The average molecular weight is 360 g/mol. The largest absolute Gasteiger partial charge is 0.493 e. The number of anilines is 1. The second kappa shape index (κ2) is 7.76. The van der Waals surface area contributed by atoms with Gasteiger partial charge in [0.05, 0.1) is 12.6 Å². The summed E-state index contributed by atoms with van der Waals surface area (Å²) in [5.41, 5.74) is 3.06. The van der Waals surface area contributed by atoms with Crippen molar-refractivity contribution in [2.75, 3.05) is 32.6 Å². The highest BCUT2D eigenvalue weighted by atomic mass is 35.5. The summed E-state index contributed by atoms with van der Waals surface area (Å²) < 4.78 is 5.56. The molecule has 2 aromatic rings. The van der Waals surface area contributed by atoms with Crippen LogP contribution in [0.25, 0.3) is 0 Å². The van der Waals surface area contributed by atoms with Crippen molar-refractivity contribution >= 4 is 23.3 Å². The molecule has 2 N–H and O–H groups in total. The summed E-state index contributed by atoms with van der Waals surface area (Å²) >= 11 is 5.94.